The molecule has 0 aliphatic rings. The van der Waals surface area contributed by atoms with Crippen molar-refractivity contribution in [3.8, 4) is 0 Å². The lowest BCUT2D eigenvalue weighted by molar-refractivity contribution is 0.101. The van der Waals surface area contributed by atoms with Gasteiger partial charge in [0.15, 0.2) is 0 Å². The highest BCUT2D eigenvalue weighted by Gasteiger charge is 2.32. The Morgan fingerprint density at radius 2 is 0.611 bits per heavy atom. The van der Waals surface area contributed by atoms with Gasteiger partial charge in [0.05, 0.1) is 31.0 Å². The predicted molar refractivity (Wildman–Crippen MR) is 322 cm³/mol. The monoisotopic (exact) mass is 1400 g/mol. The van der Waals surface area contributed by atoms with E-state index < -0.39 is 171 Å². The number of hydrogen-bond acceptors (Lipinski definition) is 19. The van der Waals surface area contributed by atoms with Crippen molar-refractivity contribution in [2.45, 2.75) is 66.9 Å². The number of rotatable bonds is 18. The molecule has 0 saturated carbocycles. The number of aryl methyl sites for hydroxylation is 4. The average molecular weight is 1400 g/mol. The fourth-order valence-electron chi connectivity index (χ4n) is 9.03. The molecular formula is C51H44N6O25S8. The first-order chi connectivity index (χ1) is 41.2. The number of carbonyl (C=O) groups is 3. The van der Waals surface area contributed by atoms with Crippen LogP contribution in [0.25, 0.3) is 21.5 Å². The van der Waals surface area contributed by atoms with E-state index in [0.29, 0.717) is 47.5 Å². The molecule has 0 atom stereocenters. The lowest BCUT2D eigenvalue weighted by atomic mass is 10.1. The quantitative estimate of drug-likeness (QED) is 0.0410. The first-order valence-corrected chi connectivity index (χ1v) is 36.1. The number of nitrogens with one attached hydrogen (secondary N) is 6. The zero-order valence-electron chi connectivity index (χ0n) is 45.8. The number of carbonyl (C=O) groups excluding carboxylic acids is 3. The molecular weight excluding hydrogens is 1350 g/mol. The van der Waals surface area contributed by atoms with Crippen molar-refractivity contribution < 1.29 is 109 Å². The van der Waals surface area contributed by atoms with E-state index in [9.17, 15) is 109 Å². The largest absolute Gasteiger partial charge is 0.323 e. The minimum atomic E-state index is -5.57. The van der Waals surface area contributed by atoms with Gasteiger partial charge in [-0.2, -0.15) is 50.5 Å². The van der Waals surface area contributed by atoms with Crippen molar-refractivity contribution in [1.82, 2.24) is 0 Å². The molecule has 90 heavy (non-hydrogen) atoms. The van der Waals surface area contributed by atoms with Crippen molar-refractivity contribution in [2.24, 2.45) is 0 Å². The number of sulfonamides is 2. The minimum absolute atomic E-state index is 0.0139. The molecule has 12 N–H and O–H groups in total. The van der Waals surface area contributed by atoms with E-state index in [-0.39, 0.29) is 57.1 Å². The standard InChI is InChI=1S/C51H44N6O25S8/c1-25-5-9-29(17-35(25)49(58)52-31-11-7-27(3)43(19-31)83(61,62)56-39-13-15-41(87(71,72)73)37-21-33(85(65,66)67)23-45(47(37)39)89(77,78)79)54-51(60)55-30-10-6-26(2)36(18-30)50(59)53-32-12-8-28(4)44(20-32)84(63,64)57-40-14-16-42(88(74,75)76)38-22-34(86(68,69)70)24-46(48(38)40)90(80,81)82/h5-24,56-57H,1-4H3,(H,52,58)(H,53,59)(H2,54,55,60)(H,65,66,67)(H,68,69,70)(H,71,72,73)(H,74,75,76)(H,77,78,79)(H,80,81,82). The number of benzene rings is 8. The SMILES string of the molecule is Cc1ccc(NC(=O)Nc2ccc(C)c(C(=O)Nc3ccc(C)c(S(=O)(=O)Nc4ccc(S(=O)(=O)O)c5cc(S(=O)(=O)O)cc(S(=O)(=O)O)c45)c3)c2)cc1C(=O)Nc1ccc(C)c(S(=O)(=O)Nc2ccc(S(=O)(=O)O)c3cc(S(=O)(=O)O)cc(S(=O)(=O)O)c23)c1. The van der Waals surface area contributed by atoms with Crippen LogP contribution in [0.15, 0.2) is 160 Å². The normalized spacial score (nSPS) is 12.7. The van der Waals surface area contributed by atoms with Crippen LogP contribution in [-0.2, 0) is 80.8 Å². The second kappa shape index (κ2) is 23.7. The van der Waals surface area contributed by atoms with Crippen molar-refractivity contribution in [2.75, 3.05) is 30.7 Å². The van der Waals surface area contributed by atoms with Gasteiger partial charge in [0, 0.05) is 55.4 Å². The molecule has 0 heterocycles. The average Bonchev–Trinajstić information content (AvgIpc) is 0.745. The second-order valence-electron chi connectivity index (χ2n) is 19.5. The number of amides is 4. The van der Waals surface area contributed by atoms with Gasteiger partial charge in [0.1, 0.15) is 19.6 Å². The van der Waals surface area contributed by atoms with Crippen LogP contribution in [0.2, 0.25) is 0 Å². The third-order valence-electron chi connectivity index (χ3n) is 13.2. The summed E-state index contributed by atoms with van der Waals surface area (Å²) in [6.45, 7) is 5.68. The van der Waals surface area contributed by atoms with Crippen molar-refractivity contribution in [3.05, 3.63) is 155 Å². The molecule has 4 amide bonds. The molecule has 476 valence electrons. The van der Waals surface area contributed by atoms with Crippen molar-refractivity contribution in [3.63, 3.8) is 0 Å². The summed E-state index contributed by atoms with van der Waals surface area (Å²) in [5.41, 5.74) is -1.24. The van der Waals surface area contributed by atoms with Gasteiger partial charge >= 0.3 is 6.03 Å². The molecule has 0 fully saturated rings. The molecule has 8 aromatic rings. The molecule has 39 heteroatoms. The highest BCUT2D eigenvalue weighted by Crippen LogP contribution is 2.40. The van der Waals surface area contributed by atoms with E-state index in [4.69, 9.17) is 0 Å². The van der Waals surface area contributed by atoms with Gasteiger partial charge in [-0.05, 0) is 147 Å². The third kappa shape index (κ3) is 14.5. The molecule has 8 aromatic carbocycles. The van der Waals surface area contributed by atoms with E-state index in [0.717, 1.165) is 12.1 Å². The Morgan fingerprint density at radius 1 is 0.311 bits per heavy atom. The summed E-state index contributed by atoms with van der Waals surface area (Å²) in [5, 5.41) is 6.27. The number of fused-ring (bicyclic) bond motifs is 2. The van der Waals surface area contributed by atoms with E-state index in [1.54, 1.807) is 0 Å². The summed E-state index contributed by atoms with van der Waals surface area (Å²) in [7, 11) is -42.3. The predicted octanol–water partition coefficient (Wildman–Crippen LogP) is 6.46. The molecule has 8 rings (SSSR count). The molecule has 0 bridgehead atoms. The minimum Gasteiger partial charge on any atom is -0.322 e. The van der Waals surface area contributed by atoms with Crippen LogP contribution < -0.4 is 30.7 Å². The molecule has 0 aliphatic carbocycles. The topological polar surface area (TPSA) is 518 Å². The fourth-order valence-corrected chi connectivity index (χ4v) is 15.8. The lowest BCUT2D eigenvalue weighted by Crippen LogP contribution is -2.21. The van der Waals surface area contributed by atoms with Gasteiger partial charge < -0.3 is 21.3 Å². The Hall–Kier alpha value is -8.55. The Morgan fingerprint density at radius 3 is 0.911 bits per heavy atom. The van der Waals surface area contributed by atoms with Crippen LogP contribution in [0.1, 0.15) is 43.0 Å². The van der Waals surface area contributed by atoms with Gasteiger partial charge in [-0.15, -0.1) is 0 Å². The summed E-state index contributed by atoms with van der Waals surface area (Å²) in [6, 6.07) is 18.1. The number of urea groups is 1. The zero-order valence-corrected chi connectivity index (χ0v) is 52.3. The maximum Gasteiger partial charge on any atom is 0.323 e. The number of anilines is 6. The van der Waals surface area contributed by atoms with E-state index in [1.807, 2.05) is 9.44 Å². The maximum atomic E-state index is 14.0. The van der Waals surface area contributed by atoms with Crippen molar-refractivity contribution >= 4 is 154 Å². The Labute approximate surface area is 512 Å². The molecule has 0 unspecified atom stereocenters. The number of hydrogen-bond donors (Lipinski definition) is 12. The summed E-state index contributed by atoms with van der Waals surface area (Å²) in [6.07, 6.45) is 0. The van der Waals surface area contributed by atoms with Gasteiger partial charge in [-0.1, -0.05) is 24.3 Å². The molecule has 0 radical (unpaired) electrons. The molecule has 0 saturated heterocycles. The van der Waals surface area contributed by atoms with Crippen LogP contribution in [0.3, 0.4) is 0 Å². The van der Waals surface area contributed by atoms with Crippen LogP contribution in [0, 0.1) is 27.7 Å². The van der Waals surface area contributed by atoms with E-state index in [2.05, 4.69) is 21.3 Å². The lowest BCUT2D eigenvalue weighted by Gasteiger charge is -2.17. The fraction of sp³-hybridized carbons (Fsp3) is 0.0784. The molecule has 31 nitrogen and oxygen atoms in total. The zero-order chi connectivity index (χ0) is 67.0. The summed E-state index contributed by atoms with van der Waals surface area (Å²) in [4.78, 5) is 32.3. The van der Waals surface area contributed by atoms with Gasteiger partial charge in [0.2, 0.25) is 0 Å². The van der Waals surface area contributed by atoms with Gasteiger partial charge in [-0.3, -0.25) is 46.3 Å². The van der Waals surface area contributed by atoms with Crippen LogP contribution in [0.5, 0.6) is 0 Å². The summed E-state index contributed by atoms with van der Waals surface area (Å²) >= 11 is 0. The van der Waals surface area contributed by atoms with Gasteiger partial charge in [0.25, 0.3) is 92.6 Å². The first-order valence-electron chi connectivity index (χ1n) is 24.5. The summed E-state index contributed by atoms with van der Waals surface area (Å²) in [5.74, 6) is -1.70. The highest BCUT2D eigenvalue weighted by atomic mass is 32.2. The van der Waals surface area contributed by atoms with Crippen LogP contribution in [0.4, 0.5) is 38.9 Å². The van der Waals surface area contributed by atoms with E-state index >= 15 is 0 Å². The Kier molecular flexibility index (Phi) is 17.7. The second-order valence-corrected chi connectivity index (χ2v) is 31.2. The smallest absolute Gasteiger partial charge is 0.322 e. The summed E-state index contributed by atoms with van der Waals surface area (Å²) < 4.78 is 267. The van der Waals surface area contributed by atoms with E-state index in [1.165, 1.54) is 88.4 Å². The third-order valence-corrected chi connectivity index (χ3v) is 21.4. The first kappa shape index (κ1) is 67.4. The molecule has 0 aromatic heterocycles. The molecule has 0 spiro atoms. The Balaban J connectivity index is 0.989. The Bertz CT molecular complexity index is 5120. The van der Waals surface area contributed by atoms with Gasteiger partial charge in [-0.25, -0.2) is 21.6 Å². The van der Waals surface area contributed by atoms with Crippen LogP contribution in [-0.4, -0.2) is 113 Å². The highest BCUT2D eigenvalue weighted by molar-refractivity contribution is 7.93. The maximum absolute atomic E-state index is 14.0. The van der Waals surface area contributed by atoms with Crippen molar-refractivity contribution in [1.29, 1.82) is 0 Å². The van der Waals surface area contributed by atoms with Crippen LogP contribution >= 0.6 is 0 Å². The molecule has 0 aliphatic heterocycles.